The van der Waals surface area contributed by atoms with Gasteiger partial charge >= 0.3 is 6.18 Å². The Kier molecular flexibility index (Phi) is 6.52. The minimum absolute atomic E-state index is 0.0601. The van der Waals surface area contributed by atoms with Gasteiger partial charge in [0.25, 0.3) is 0 Å². The second-order valence-corrected chi connectivity index (χ2v) is 5.11. The summed E-state index contributed by atoms with van der Waals surface area (Å²) in [6, 6.07) is 3.88. The molecule has 0 aliphatic carbocycles. The average Bonchev–Trinajstić information content (AvgIpc) is 2.42. The van der Waals surface area contributed by atoms with Crippen molar-refractivity contribution in [3.8, 4) is 5.75 Å². The van der Waals surface area contributed by atoms with E-state index in [4.69, 9.17) is 10.5 Å². The van der Waals surface area contributed by atoms with Crippen LogP contribution in [0.25, 0.3) is 0 Å². The number of benzene rings is 1. The molecule has 0 fully saturated rings. The third-order valence-corrected chi connectivity index (χ3v) is 2.73. The monoisotopic (exact) mass is 317 g/mol. The van der Waals surface area contributed by atoms with Gasteiger partial charge in [0.05, 0.1) is 18.2 Å². The minimum Gasteiger partial charge on any atom is -0.491 e. The van der Waals surface area contributed by atoms with Gasteiger partial charge in [-0.25, -0.2) is 4.99 Å². The molecule has 4 nitrogen and oxygen atoms in total. The zero-order valence-corrected chi connectivity index (χ0v) is 13.0. The molecule has 7 heteroatoms. The lowest BCUT2D eigenvalue weighted by Crippen LogP contribution is -2.32. The molecular weight excluding hydrogens is 295 g/mol. The van der Waals surface area contributed by atoms with Crippen LogP contribution in [-0.2, 0) is 12.7 Å². The number of nitrogens with zero attached hydrogens (tertiary/aromatic N) is 1. The Morgan fingerprint density at radius 1 is 1.36 bits per heavy atom. The first-order chi connectivity index (χ1) is 10.2. The molecule has 1 aromatic rings. The number of alkyl halides is 3. The summed E-state index contributed by atoms with van der Waals surface area (Å²) in [5.74, 6) is 0.324. The molecular formula is C15H22F3N3O. The summed E-state index contributed by atoms with van der Waals surface area (Å²) in [4.78, 5) is 3.94. The zero-order valence-electron chi connectivity index (χ0n) is 13.0. The van der Waals surface area contributed by atoms with Crippen molar-refractivity contribution in [1.29, 1.82) is 0 Å². The maximum Gasteiger partial charge on any atom is 0.416 e. The predicted molar refractivity (Wildman–Crippen MR) is 80.8 cm³/mol. The molecule has 0 heterocycles. The molecule has 0 saturated carbocycles. The number of nitrogens with two attached hydrogens (primary N) is 1. The van der Waals surface area contributed by atoms with Crippen LogP contribution in [0.2, 0.25) is 0 Å². The van der Waals surface area contributed by atoms with Crippen LogP contribution in [0, 0.1) is 0 Å². The van der Waals surface area contributed by atoms with Crippen molar-refractivity contribution >= 4 is 5.96 Å². The highest BCUT2D eigenvalue weighted by molar-refractivity contribution is 5.77. The smallest absolute Gasteiger partial charge is 0.416 e. The molecule has 0 atom stereocenters. The van der Waals surface area contributed by atoms with Crippen molar-refractivity contribution in [3.63, 3.8) is 0 Å². The first kappa shape index (κ1) is 18.1. The second-order valence-electron chi connectivity index (χ2n) is 5.11. The number of nitrogens with one attached hydrogen (secondary N) is 1. The lowest BCUT2D eigenvalue weighted by molar-refractivity contribution is -0.138. The van der Waals surface area contributed by atoms with Crippen molar-refractivity contribution in [2.75, 3.05) is 6.54 Å². The SMILES string of the molecule is CCCNC(N)=NCc1ccc(OC(C)C)cc1C(F)(F)F. The summed E-state index contributed by atoms with van der Waals surface area (Å²) >= 11 is 0. The Balaban J connectivity index is 2.98. The molecule has 1 rings (SSSR count). The fraction of sp³-hybridized carbons (Fsp3) is 0.533. The number of ether oxygens (including phenoxy) is 1. The zero-order chi connectivity index (χ0) is 16.8. The fourth-order valence-electron chi connectivity index (χ4n) is 1.78. The highest BCUT2D eigenvalue weighted by Crippen LogP contribution is 2.35. The molecule has 0 spiro atoms. The molecule has 0 radical (unpaired) electrons. The van der Waals surface area contributed by atoms with Crippen LogP contribution in [0.5, 0.6) is 5.75 Å². The van der Waals surface area contributed by atoms with Crippen LogP contribution in [-0.4, -0.2) is 18.6 Å². The van der Waals surface area contributed by atoms with Crippen molar-refractivity contribution in [3.05, 3.63) is 29.3 Å². The number of halogens is 3. The van der Waals surface area contributed by atoms with Gasteiger partial charge in [0.2, 0.25) is 0 Å². The van der Waals surface area contributed by atoms with E-state index in [1.54, 1.807) is 13.8 Å². The first-order valence-corrected chi connectivity index (χ1v) is 7.14. The number of aliphatic imine (C=N–C) groups is 1. The van der Waals surface area contributed by atoms with E-state index >= 15 is 0 Å². The summed E-state index contributed by atoms with van der Waals surface area (Å²) in [5.41, 5.74) is 4.90. The Bertz CT molecular complexity index is 513. The van der Waals surface area contributed by atoms with Crippen LogP contribution in [0.4, 0.5) is 13.2 Å². The van der Waals surface area contributed by atoms with E-state index in [2.05, 4.69) is 10.3 Å². The summed E-state index contributed by atoms with van der Waals surface area (Å²) in [5, 5.41) is 2.82. The lowest BCUT2D eigenvalue weighted by Gasteiger charge is -2.16. The standard InChI is InChI=1S/C15H22F3N3O/c1-4-7-20-14(19)21-9-11-5-6-12(22-10(2)3)8-13(11)15(16,17)18/h5-6,8,10H,4,7,9H2,1-3H3,(H3,19,20,21). The molecule has 0 unspecified atom stereocenters. The largest absolute Gasteiger partial charge is 0.491 e. The Morgan fingerprint density at radius 3 is 2.59 bits per heavy atom. The van der Waals surface area contributed by atoms with Gasteiger partial charge in [-0.3, -0.25) is 0 Å². The van der Waals surface area contributed by atoms with Crippen molar-refractivity contribution < 1.29 is 17.9 Å². The molecule has 0 amide bonds. The molecule has 0 saturated heterocycles. The molecule has 0 aliphatic heterocycles. The third-order valence-electron chi connectivity index (χ3n) is 2.73. The van der Waals surface area contributed by atoms with E-state index < -0.39 is 11.7 Å². The average molecular weight is 317 g/mol. The van der Waals surface area contributed by atoms with E-state index in [1.807, 2.05) is 6.92 Å². The first-order valence-electron chi connectivity index (χ1n) is 7.14. The third kappa shape index (κ3) is 5.83. The molecule has 0 aliphatic rings. The maximum atomic E-state index is 13.1. The number of rotatable bonds is 6. The van der Waals surface area contributed by atoms with Crippen molar-refractivity contribution in [2.45, 2.75) is 46.0 Å². The minimum atomic E-state index is -4.47. The van der Waals surface area contributed by atoms with Crippen LogP contribution < -0.4 is 15.8 Å². The van der Waals surface area contributed by atoms with Gasteiger partial charge in [-0.1, -0.05) is 13.0 Å². The van der Waals surface area contributed by atoms with E-state index in [1.165, 1.54) is 12.1 Å². The summed E-state index contributed by atoms with van der Waals surface area (Å²) in [6.45, 7) is 5.95. The van der Waals surface area contributed by atoms with Gasteiger partial charge in [-0.15, -0.1) is 0 Å². The maximum absolute atomic E-state index is 13.1. The van der Waals surface area contributed by atoms with Gasteiger partial charge in [0.15, 0.2) is 5.96 Å². The number of hydrogen-bond donors (Lipinski definition) is 2. The van der Waals surface area contributed by atoms with Gasteiger partial charge in [-0.2, -0.15) is 13.2 Å². The fourth-order valence-corrected chi connectivity index (χ4v) is 1.78. The second kappa shape index (κ2) is 7.91. The Morgan fingerprint density at radius 2 is 2.05 bits per heavy atom. The van der Waals surface area contributed by atoms with Crippen LogP contribution >= 0.6 is 0 Å². The quantitative estimate of drug-likeness (QED) is 0.625. The normalized spacial score (nSPS) is 12.6. The van der Waals surface area contributed by atoms with Gasteiger partial charge in [0, 0.05) is 6.54 Å². The molecule has 0 bridgehead atoms. The molecule has 124 valence electrons. The molecule has 0 aromatic heterocycles. The summed E-state index contributed by atoms with van der Waals surface area (Å²) < 4.78 is 44.7. The van der Waals surface area contributed by atoms with Gasteiger partial charge in [-0.05, 0) is 38.0 Å². The highest BCUT2D eigenvalue weighted by Gasteiger charge is 2.33. The lowest BCUT2D eigenvalue weighted by atomic mass is 10.1. The van der Waals surface area contributed by atoms with Crippen LogP contribution in [0.3, 0.4) is 0 Å². The Labute approximate surface area is 128 Å². The van der Waals surface area contributed by atoms with Gasteiger partial charge in [0.1, 0.15) is 5.75 Å². The van der Waals surface area contributed by atoms with E-state index in [-0.39, 0.29) is 29.9 Å². The van der Waals surface area contributed by atoms with Crippen LogP contribution in [0.15, 0.2) is 23.2 Å². The molecule has 1 aromatic carbocycles. The number of hydrogen-bond acceptors (Lipinski definition) is 2. The van der Waals surface area contributed by atoms with Crippen molar-refractivity contribution in [1.82, 2.24) is 5.32 Å². The van der Waals surface area contributed by atoms with E-state index in [0.29, 0.717) is 6.54 Å². The van der Waals surface area contributed by atoms with Gasteiger partial charge < -0.3 is 15.8 Å². The molecule has 3 N–H and O–H groups in total. The topological polar surface area (TPSA) is 59.6 Å². The van der Waals surface area contributed by atoms with Crippen LogP contribution in [0.1, 0.15) is 38.3 Å². The van der Waals surface area contributed by atoms with Crippen molar-refractivity contribution in [2.24, 2.45) is 10.7 Å². The summed E-state index contributed by atoms with van der Waals surface area (Å²) in [6.07, 6.45) is -3.81. The van der Waals surface area contributed by atoms with E-state index in [9.17, 15) is 13.2 Å². The predicted octanol–water partition coefficient (Wildman–Crippen LogP) is 3.31. The Hall–Kier alpha value is -1.92. The molecule has 22 heavy (non-hydrogen) atoms. The summed E-state index contributed by atoms with van der Waals surface area (Å²) in [7, 11) is 0. The van der Waals surface area contributed by atoms with E-state index in [0.717, 1.165) is 12.5 Å². The highest BCUT2D eigenvalue weighted by atomic mass is 19.4. The number of guanidine groups is 1.